The second-order valence-corrected chi connectivity index (χ2v) is 7.56. The summed E-state index contributed by atoms with van der Waals surface area (Å²) in [6.45, 7) is 7.86. The molecule has 0 radical (unpaired) electrons. The summed E-state index contributed by atoms with van der Waals surface area (Å²) >= 11 is 0. The lowest BCUT2D eigenvalue weighted by Gasteiger charge is -2.22. The molecule has 3 rings (SSSR count). The first kappa shape index (κ1) is 19.1. The highest BCUT2D eigenvalue weighted by Gasteiger charge is 2.39. The largest absolute Gasteiger partial charge is 0.422 e. The van der Waals surface area contributed by atoms with Crippen molar-refractivity contribution in [2.24, 2.45) is 11.0 Å². The molecule has 2 heterocycles. The van der Waals surface area contributed by atoms with Crippen LogP contribution in [0.4, 0.5) is 4.79 Å². The zero-order valence-electron chi connectivity index (χ0n) is 15.8. The Balaban J connectivity index is 1.70. The Hall–Kier alpha value is -2.68. The van der Waals surface area contributed by atoms with Crippen LogP contribution in [0, 0.1) is 23.0 Å². The van der Waals surface area contributed by atoms with E-state index >= 15 is 0 Å². The molecule has 0 saturated carbocycles. The third kappa shape index (κ3) is 4.73. The van der Waals surface area contributed by atoms with Gasteiger partial charge in [-0.05, 0) is 39.3 Å². The van der Waals surface area contributed by atoms with Gasteiger partial charge in [0.05, 0.1) is 18.8 Å². The van der Waals surface area contributed by atoms with E-state index in [0.29, 0.717) is 25.4 Å². The summed E-state index contributed by atoms with van der Waals surface area (Å²) < 4.78 is 11.1. The Morgan fingerprint density at radius 1 is 1.37 bits per heavy atom. The summed E-state index contributed by atoms with van der Waals surface area (Å²) in [4.78, 5) is 26.5. The van der Waals surface area contributed by atoms with Gasteiger partial charge in [-0.15, -0.1) is 0 Å². The van der Waals surface area contributed by atoms with Crippen LogP contribution >= 0.6 is 0 Å². The van der Waals surface area contributed by atoms with Gasteiger partial charge < -0.3 is 14.4 Å². The summed E-state index contributed by atoms with van der Waals surface area (Å²) in [7, 11) is 0. The topological polar surface area (TPSA) is 97.5 Å². The standard InChI is InChI=1S/C18H24N4O5/c1-13-4-6-15(7-5-13)27-17(23)21-9-8-20(16(21)19-22(24)25)11-14-10-18(2,3)26-12-14/h4-7,14H,8-12H2,1-3H3. The molecule has 1 amide bonds. The number of hydrazone groups is 1. The van der Waals surface area contributed by atoms with Crippen molar-refractivity contribution in [1.82, 2.24) is 9.80 Å². The fourth-order valence-corrected chi connectivity index (χ4v) is 3.48. The number of carbonyl (C=O) groups is 1. The number of nitro groups is 1. The fraction of sp³-hybridized carbons (Fsp3) is 0.556. The van der Waals surface area contributed by atoms with E-state index in [1.54, 1.807) is 17.0 Å². The van der Waals surface area contributed by atoms with Crippen molar-refractivity contribution in [2.45, 2.75) is 32.8 Å². The minimum atomic E-state index is -0.783. The van der Waals surface area contributed by atoms with E-state index in [4.69, 9.17) is 9.47 Å². The van der Waals surface area contributed by atoms with E-state index in [2.05, 4.69) is 5.10 Å². The third-order valence-corrected chi connectivity index (χ3v) is 4.70. The Bertz CT molecular complexity index is 747. The number of guanidine groups is 1. The number of aryl methyl sites for hydroxylation is 1. The van der Waals surface area contributed by atoms with Gasteiger partial charge in [-0.1, -0.05) is 17.7 Å². The van der Waals surface area contributed by atoms with Crippen LogP contribution < -0.4 is 4.74 Å². The van der Waals surface area contributed by atoms with E-state index in [0.717, 1.165) is 12.0 Å². The first-order valence-electron chi connectivity index (χ1n) is 8.91. The Morgan fingerprint density at radius 3 is 2.67 bits per heavy atom. The van der Waals surface area contributed by atoms with E-state index in [9.17, 15) is 14.9 Å². The van der Waals surface area contributed by atoms with Crippen LogP contribution in [0.15, 0.2) is 29.4 Å². The molecule has 1 aromatic rings. The number of hydrogen-bond acceptors (Lipinski definition) is 5. The lowest BCUT2D eigenvalue weighted by atomic mass is 9.97. The Morgan fingerprint density at radius 2 is 2.07 bits per heavy atom. The lowest BCUT2D eigenvalue weighted by molar-refractivity contribution is -0.486. The summed E-state index contributed by atoms with van der Waals surface area (Å²) in [5.74, 6) is 0.627. The molecule has 0 aromatic heterocycles. The van der Waals surface area contributed by atoms with Gasteiger partial charge >= 0.3 is 6.09 Å². The molecule has 2 fully saturated rings. The zero-order chi connectivity index (χ0) is 19.6. The average Bonchev–Trinajstić information content (AvgIpc) is 3.12. The number of carbonyl (C=O) groups excluding carboxylic acids is 1. The van der Waals surface area contributed by atoms with Gasteiger partial charge in [0, 0.05) is 19.0 Å². The van der Waals surface area contributed by atoms with Crippen LogP contribution in [0.5, 0.6) is 5.75 Å². The fourth-order valence-electron chi connectivity index (χ4n) is 3.48. The van der Waals surface area contributed by atoms with E-state index in [-0.39, 0.29) is 24.0 Å². The van der Waals surface area contributed by atoms with Crippen molar-refractivity contribution in [3.63, 3.8) is 0 Å². The van der Waals surface area contributed by atoms with Gasteiger partial charge in [-0.2, -0.15) is 0 Å². The van der Waals surface area contributed by atoms with Crippen molar-refractivity contribution >= 4 is 12.1 Å². The molecule has 9 heteroatoms. The molecule has 2 aliphatic heterocycles. The highest BCUT2D eigenvalue weighted by atomic mass is 16.7. The number of rotatable bonds is 4. The molecule has 2 saturated heterocycles. The number of hydrogen-bond donors (Lipinski definition) is 0. The molecule has 2 aliphatic rings. The van der Waals surface area contributed by atoms with Crippen LogP contribution in [0.1, 0.15) is 25.8 Å². The first-order valence-corrected chi connectivity index (χ1v) is 8.91. The summed E-state index contributed by atoms with van der Waals surface area (Å²) in [5.41, 5.74) is 0.842. The molecule has 146 valence electrons. The molecule has 1 aromatic carbocycles. The van der Waals surface area contributed by atoms with Crippen molar-refractivity contribution in [3.8, 4) is 5.75 Å². The molecular weight excluding hydrogens is 352 g/mol. The number of nitrogens with zero attached hydrogens (tertiary/aromatic N) is 4. The number of benzene rings is 1. The highest BCUT2D eigenvalue weighted by Crippen LogP contribution is 2.30. The first-order chi connectivity index (χ1) is 12.7. The van der Waals surface area contributed by atoms with Crippen molar-refractivity contribution < 1.29 is 19.3 Å². The third-order valence-electron chi connectivity index (χ3n) is 4.70. The molecule has 9 nitrogen and oxygen atoms in total. The molecular formula is C18H24N4O5. The second-order valence-electron chi connectivity index (χ2n) is 7.56. The maximum absolute atomic E-state index is 12.5. The van der Waals surface area contributed by atoms with Gasteiger partial charge in [0.15, 0.2) is 5.03 Å². The monoisotopic (exact) mass is 376 g/mol. The smallest absolute Gasteiger partial charge is 0.410 e. The van der Waals surface area contributed by atoms with Crippen LogP contribution in [0.3, 0.4) is 0 Å². The predicted molar refractivity (Wildman–Crippen MR) is 98.0 cm³/mol. The lowest BCUT2D eigenvalue weighted by Crippen LogP contribution is -2.41. The molecule has 1 atom stereocenters. The Labute approximate surface area is 157 Å². The average molecular weight is 376 g/mol. The van der Waals surface area contributed by atoms with Crippen molar-refractivity contribution in [3.05, 3.63) is 39.9 Å². The van der Waals surface area contributed by atoms with Crippen LogP contribution in [0.25, 0.3) is 0 Å². The van der Waals surface area contributed by atoms with Crippen molar-refractivity contribution in [1.29, 1.82) is 0 Å². The van der Waals surface area contributed by atoms with Gasteiger partial charge in [0.2, 0.25) is 0 Å². The van der Waals surface area contributed by atoms with Crippen LogP contribution in [0.2, 0.25) is 0 Å². The zero-order valence-corrected chi connectivity index (χ0v) is 15.8. The maximum atomic E-state index is 12.5. The highest BCUT2D eigenvalue weighted by molar-refractivity contribution is 5.96. The number of ether oxygens (including phenoxy) is 2. The molecule has 1 unspecified atom stereocenters. The van der Waals surface area contributed by atoms with E-state index < -0.39 is 11.1 Å². The molecule has 27 heavy (non-hydrogen) atoms. The normalized spacial score (nSPS) is 23.1. The second kappa shape index (κ2) is 7.51. The van der Waals surface area contributed by atoms with E-state index in [1.165, 1.54) is 4.90 Å². The van der Waals surface area contributed by atoms with Crippen LogP contribution in [-0.4, -0.2) is 58.7 Å². The summed E-state index contributed by atoms with van der Waals surface area (Å²) in [5, 5.41) is 13.7. The summed E-state index contributed by atoms with van der Waals surface area (Å²) in [6.07, 6.45) is 0.174. The molecule has 0 aliphatic carbocycles. The molecule has 0 N–H and O–H groups in total. The SMILES string of the molecule is Cc1ccc(OC(=O)N2CCN(CC3COC(C)(C)C3)C2=N[N+](=O)[O-])cc1. The van der Waals surface area contributed by atoms with Gasteiger partial charge in [0.1, 0.15) is 10.9 Å². The minimum absolute atomic E-state index is 0.0156. The van der Waals surface area contributed by atoms with Gasteiger partial charge in [0.25, 0.3) is 5.96 Å². The van der Waals surface area contributed by atoms with E-state index in [1.807, 2.05) is 32.9 Å². The molecule has 0 bridgehead atoms. The van der Waals surface area contributed by atoms with Gasteiger partial charge in [-0.25, -0.2) is 19.8 Å². The maximum Gasteiger partial charge on any atom is 0.422 e. The quantitative estimate of drug-likeness (QED) is 0.591. The Kier molecular flexibility index (Phi) is 5.31. The summed E-state index contributed by atoms with van der Waals surface area (Å²) in [6, 6.07) is 7.02. The minimum Gasteiger partial charge on any atom is -0.410 e. The van der Waals surface area contributed by atoms with Crippen LogP contribution in [-0.2, 0) is 4.74 Å². The number of amides is 1. The predicted octanol–water partition coefficient (Wildman–Crippen LogP) is 2.47. The van der Waals surface area contributed by atoms with Crippen molar-refractivity contribution in [2.75, 3.05) is 26.2 Å². The van der Waals surface area contributed by atoms with Gasteiger partial charge in [-0.3, -0.25) is 0 Å². The molecule has 0 spiro atoms.